The summed E-state index contributed by atoms with van der Waals surface area (Å²) >= 11 is 2.25. The highest BCUT2D eigenvalue weighted by atomic mass is 127. The highest BCUT2D eigenvalue weighted by Crippen LogP contribution is 2.21. The summed E-state index contributed by atoms with van der Waals surface area (Å²) in [5.41, 5.74) is 1.59. The molecule has 0 radical (unpaired) electrons. The zero-order valence-corrected chi connectivity index (χ0v) is 10.5. The van der Waals surface area contributed by atoms with Crippen LogP contribution in [0.4, 0.5) is 11.5 Å². The van der Waals surface area contributed by atoms with Crippen molar-refractivity contribution in [3.05, 3.63) is 51.7 Å². The standard InChI is InChI=1S/C12H8IN3/c13-10-3-1-2-4-11(10)16-12-7-9(8-14)5-6-15-12/h1-7H,(H,15,16). The average molecular weight is 321 g/mol. The maximum Gasteiger partial charge on any atom is 0.131 e. The second-order valence-corrected chi connectivity index (χ2v) is 4.31. The van der Waals surface area contributed by atoms with Crippen molar-refractivity contribution >= 4 is 34.1 Å². The number of pyridine rings is 1. The normalized spacial score (nSPS) is 9.50. The van der Waals surface area contributed by atoms with Crippen LogP contribution in [0, 0.1) is 14.9 Å². The van der Waals surface area contributed by atoms with Crippen molar-refractivity contribution in [2.24, 2.45) is 0 Å². The van der Waals surface area contributed by atoms with E-state index in [4.69, 9.17) is 5.26 Å². The maximum atomic E-state index is 8.78. The third-order valence-electron chi connectivity index (χ3n) is 2.03. The number of nitrogens with one attached hydrogen (secondary N) is 1. The van der Waals surface area contributed by atoms with E-state index in [1.807, 2.05) is 24.3 Å². The first-order valence-electron chi connectivity index (χ1n) is 4.67. The van der Waals surface area contributed by atoms with Crippen LogP contribution >= 0.6 is 22.6 Å². The maximum absolute atomic E-state index is 8.78. The van der Waals surface area contributed by atoms with Crippen LogP contribution in [-0.4, -0.2) is 4.98 Å². The predicted octanol–water partition coefficient (Wildman–Crippen LogP) is 3.30. The molecule has 78 valence electrons. The van der Waals surface area contributed by atoms with E-state index >= 15 is 0 Å². The van der Waals surface area contributed by atoms with Crippen LogP contribution in [0.15, 0.2) is 42.6 Å². The second-order valence-electron chi connectivity index (χ2n) is 3.15. The van der Waals surface area contributed by atoms with Crippen molar-refractivity contribution < 1.29 is 0 Å². The molecule has 0 bridgehead atoms. The molecule has 2 rings (SSSR count). The highest BCUT2D eigenvalue weighted by molar-refractivity contribution is 14.1. The van der Waals surface area contributed by atoms with Gasteiger partial charge in [0.1, 0.15) is 5.82 Å². The van der Waals surface area contributed by atoms with E-state index in [0.717, 1.165) is 9.26 Å². The first-order valence-corrected chi connectivity index (χ1v) is 5.75. The molecule has 3 nitrogen and oxygen atoms in total. The highest BCUT2D eigenvalue weighted by Gasteiger charge is 2.00. The summed E-state index contributed by atoms with van der Waals surface area (Å²) in [4.78, 5) is 4.16. The minimum absolute atomic E-state index is 0.600. The average Bonchev–Trinajstić information content (AvgIpc) is 2.32. The molecule has 0 aliphatic heterocycles. The van der Waals surface area contributed by atoms with E-state index in [-0.39, 0.29) is 0 Å². The zero-order valence-electron chi connectivity index (χ0n) is 8.31. The Kier molecular flexibility index (Phi) is 3.37. The van der Waals surface area contributed by atoms with Gasteiger partial charge in [0.05, 0.1) is 17.3 Å². The van der Waals surface area contributed by atoms with Crippen LogP contribution in [0.5, 0.6) is 0 Å². The molecule has 1 N–H and O–H groups in total. The summed E-state index contributed by atoms with van der Waals surface area (Å²) in [6, 6.07) is 13.4. The summed E-state index contributed by atoms with van der Waals surface area (Å²) in [5.74, 6) is 0.683. The van der Waals surface area contributed by atoms with Crippen molar-refractivity contribution in [2.45, 2.75) is 0 Å². The molecule has 0 unspecified atom stereocenters. The number of anilines is 2. The van der Waals surface area contributed by atoms with Crippen LogP contribution in [0.3, 0.4) is 0 Å². The predicted molar refractivity (Wildman–Crippen MR) is 71.4 cm³/mol. The molecule has 0 amide bonds. The van der Waals surface area contributed by atoms with Crippen molar-refractivity contribution in [1.29, 1.82) is 5.26 Å². The quantitative estimate of drug-likeness (QED) is 0.864. The lowest BCUT2D eigenvalue weighted by molar-refractivity contribution is 1.29. The lowest BCUT2D eigenvalue weighted by Crippen LogP contribution is -1.95. The lowest BCUT2D eigenvalue weighted by atomic mass is 10.3. The van der Waals surface area contributed by atoms with Crippen LogP contribution in [0.2, 0.25) is 0 Å². The molecule has 16 heavy (non-hydrogen) atoms. The van der Waals surface area contributed by atoms with Gasteiger partial charge in [-0.3, -0.25) is 0 Å². The number of nitriles is 1. The fourth-order valence-electron chi connectivity index (χ4n) is 1.27. The number of aromatic nitrogens is 1. The van der Waals surface area contributed by atoms with Gasteiger partial charge in [0.2, 0.25) is 0 Å². The summed E-state index contributed by atoms with van der Waals surface area (Å²) in [5, 5.41) is 12.0. The molecule has 0 fully saturated rings. The van der Waals surface area contributed by atoms with E-state index in [2.05, 4.69) is 39.0 Å². The van der Waals surface area contributed by atoms with Gasteiger partial charge in [-0.25, -0.2) is 4.98 Å². The number of para-hydroxylation sites is 1. The number of rotatable bonds is 2. The Morgan fingerprint density at radius 1 is 1.25 bits per heavy atom. The van der Waals surface area contributed by atoms with E-state index in [1.165, 1.54) is 0 Å². The molecular formula is C12H8IN3. The van der Waals surface area contributed by atoms with Gasteiger partial charge in [-0.05, 0) is 46.9 Å². The van der Waals surface area contributed by atoms with E-state index in [9.17, 15) is 0 Å². The molecular weight excluding hydrogens is 313 g/mol. The van der Waals surface area contributed by atoms with Gasteiger partial charge in [0.15, 0.2) is 0 Å². The monoisotopic (exact) mass is 321 g/mol. The molecule has 4 heteroatoms. The van der Waals surface area contributed by atoms with Crippen molar-refractivity contribution in [3.8, 4) is 6.07 Å². The number of hydrogen-bond donors (Lipinski definition) is 1. The molecule has 2 aromatic rings. The fraction of sp³-hybridized carbons (Fsp3) is 0. The van der Waals surface area contributed by atoms with Crippen molar-refractivity contribution in [1.82, 2.24) is 4.98 Å². The lowest BCUT2D eigenvalue weighted by Gasteiger charge is -2.07. The summed E-state index contributed by atoms with van der Waals surface area (Å²) in [6.07, 6.45) is 1.62. The summed E-state index contributed by atoms with van der Waals surface area (Å²) in [7, 11) is 0. The van der Waals surface area contributed by atoms with E-state index in [0.29, 0.717) is 11.4 Å². The van der Waals surface area contributed by atoms with Gasteiger partial charge in [-0.1, -0.05) is 12.1 Å². The first-order chi connectivity index (χ1) is 7.79. The number of nitrogens with zero attached hydrogens (tertiary/aromatic N) is 2. The number of halogens is 1. The molecule has 0 atom stereocenters. The zero-order chi connectivity index (χ0) is 11.4. The van der Waals surface area contributed by atoms with Gasteiger partial charge in [0.25, 0.3) is 0 Å². The van der Waals surface area contributed by atoms with Crippen molar-refractivity contribution in [2.75, 3.05) is 5.32 Å². The van der Waals surface area contributed by atoms with Crippen LogP contribution in [0.25, 0.3) is 0 Å². The molecule has 1 aromatic heterocycles. The third kappa shape index (κ3) is 2.49. The minimum Gasteiger partial charge on any atom is -0.339 e. The largest absolute Gasteiger partial charge is 0.339 e. The smallest absolute Gasteiger partial charge is 0.131 e. The van der Waals surface area contributed by atoms with Gasteiger partial charge >= 0.3 is 0 Å². The van der Waals surface area contributed by atoms with Crippen molar-refractivity contribution in [3.63, 3.8) is 0 Å². The molecule has 0 aliphatic rings. The second kappa shape index (κ2) is 4.94. The topological polar surface area (TPSA) is 48.7 Å². The minimum atomic E-state index is 0.600. The summed E-state index contributed by atoms with van der Waals surface area (Å²) in [6.45, 7) is 0. The molecule has 0 aliphatic carbocycles. The third-order valence-corrected chi connectivity index (χ3v) is 2.97. The first kappa shape index (κ1) is 10.9. The van der Waals surface area contributed by atoms with Crippen LogP contribution < -0.4 is 5.32 Å². The molecule has 1 aromatic carbocycles. The number of benzene rings is 1. The Labute approximate surface area is 107 Å². The molecule has 0 spiro atoms. The van der Waals surface area contributed by atoms with Gasteiger partial charge < -0.3 is 5.32 Å². The van der Waals surface area contributed by atoms with Gasteiger partial charge in [-0.2, -0.15) is 5.26 Å². The molecule has 1 heterocycles. The molecule has 0 saturated heterocycles. The van der Waals surface area contributed by atoms with E-state index in [1.54, 1.807) is 18.3 Å². The fourth-order valence-corrected chi connectivity index (χ4v) is 1.79. The van der Waals surface area contributed by atoms with Gasteiger partial charge in [0, 0.05) is 9.77 Å². The number of hydrogen-bond acceptors (Lipinski definition) is 3. The Balaban J connectivity index is 2.28. The Morgan fingerprint density at radius 3 is 2.81 bits per heavy atom. The SMILES string of the molecule is N#Cc1ccnc(Nc2ccccc2I)c1. The van der Waals surface area contributed by atoms with E-state index < -0.39 is 0 Å². The van der Waals surface area contributed by atoms with Gasteiger partial charge in [-0.15, -0.1) is 0 Å². The van der Waals surface area contributed by atoms with Crippen LogP contribution in [0.1, 0.15) is 5.56 Å². The van der Waals surface area contributed by atoms with Crippen LogP contribution in [-0.2, 0) is 0 Å². The Morgan fingerprint density at radius 2 is 2.06 bits per heavy atom. The molecule has 0 saturated carbocycles. The Hall–Kier alpha value is -1.61. The summed E-state index contributed by atoms with van der Waals surface area (Å²) < 4.78 is 1.12. The Bertz CT molecular complexity index is 546.